The van der Waals surface area contributed by atoms with Crippen molar-refractivity contribution in [3.05, 3.63) is 0 Å². The number of thiol groups is 1. The summed E-state index contributed by atoms with van der Waals surface area (Å²) in [4.78, 5) is 12.4. The predicted molar refractivity (Wildman–Crippen MR) is 53.2 cm³/mol. The third-order valence-corrected chi connectivity index (χ3v) is 1.42. The lowest BCUT2D eigenvalue weighted by atomic mass is 10.3. The second kappa shape index (κ2) is 7.45. The van der Waals surface area contributed by atoms with Crippen LogP contribution < -0.4 is 11.1 Å². The standard InChI is InChI=1S/C6H14BN3OS/c7-10(3-1-8)5-6(11)9-2-4-12/h12H,1-5,8H2,(H,9,11). The van der Waals surface area contributed by atoms with Gasteiger partial charge in [-0.05, 0) is 6.54 Å². The van der Waals surface area contributed by atoms with E-state index in [0.717, 1.165) is 0 Å². The molecule has 4 nitrogen and oxygen atoms in total. The Labute approximate surface area is 79.7 Å². The van der Waals surface area contributed by atoms with E-state index in [-0.39, 0.29) is 12.5 Å². The van der Waals surface area contributed by atoms with Crippen LogP contribution in [0.25, 0.3) is 0 Å². The summed E-state index contributed by atoms with van der Waals surface area (Å²) in [5, 5.41) is 2.64. The lowest BCUT2D eigenvalue weighted by molar-refractivity contribution is -0.121. The van der Waals surface area contributed by atoms with Crippen molar-refractivity contribution in [2.24, 2.45) is 5.73 Å². The van der Waals surface area contributed by atoms with Crippen molar-refractivity contribution in [1.82, 2.24) is 10.1 Å². The molecule has 0 rings (SSSR count). The lowest BCUT2D eigenvalue weighted by Gasteiger charge is -2.14. The second-order valence-corrected chi connectivity index (χ2v) is 2.78. The number of carbonyl (C=O) groups is 1. The van der Waals surface area contributed by atoms with Gasteiger partial charge in [-0.1, -0.05) is 0 Å². The van der Waals surface area contributed by atoms with Crippen molar-refractivity contribution in [2.75, 3.05) is 31.9 Å². The molecule has 0 aromatic rings. The molecule has 0 aromatic heterocycles. The number of hydrogen-bond acceptors (Lipinski definition) is 4. The first kappa shape index (κ1) is 11.8. The maximum atomic E-state index is 11.0. The van der Waals surface area contributed by atoms with Gasteiger partial charge in [0.2, 0.25) is 5.91 Å². The van der Waals surface area contributed by atoms with E-state index >= 15 is 0 Å². The zero-order valence-corrected chi connectivity index (χ0v) is 7.89. The molecule has 0 aliphatic heterocycles. The van der Waals surface area contributed by atoms with Crippen molar-refractivity contribution in [3.63, 3.8) is 0 Å². The van der Waals surface area contributed by atoms with E-state index < -0.39 is 0 Å². The molecular weight excluding hydrogens is 173 g/mol. The average molecular weight is 187 g/mol. The monoisotopic (exact) mass is 187 g/mol. The van der Waals surface area contributed by atoms with Crippen molar-refractivity contribution < 1.29 is 4.79 Å². The van der Waals surface area contributed by atoms with E-state index in [1.54, 1.807) is 0 Å². The first-order chi connectivity index (χ1) is 5.70. The van der Waals surface area contributed by atoms with E-state index in [0.29, 0.717) is 25.4 Å². The molecule has 0 spiro atoms. The van der Waals surface area contributed by atoms with Crippen LogP contribution in [0.2, 0.25) is 0 Å². The Hall–Kier alpha value is -0.195. The SMILES string of the molecule is [B]N(CCN)CC(=O)NCCS. The first-order valence-electron chi connectivity index (χ1n) is 3.78. The summed E-state index contributed by atoms with van der Waals surface area (Å²) >= 11 is 3.95. The van der Waals surface area contributed by atoms with Crippen molar-refractivity contribution in [3.8, 4) is 0 Å². The minimum Gasteiger partial charge on any atom is -0.354 e. The molecule has 6 heteroatoms. The summed E-state index contributed by atoms with van der Waals surface area (Å²) in [7, 11) is 5.43. The van der Waals surface area contributed by atoms with Gasteiger partial charge in [0.25, 0.3) is 0 Å². The van der Waals surface area contributed by atoms with Gasteiger partial charge in [-0.25, -0.2) is 0 Å². The smallest absolute Gasteiger partial charge is 0.233 e. The number of amides is 1. The molecule has 0 bridgehead atoms. The molecule has 3 N–H and O–H groups in total. The molecule has 0 saturated carbocycles. The Morgan fingerprint density at radius 3 is 2.83 bits per heavy atom. The number of nitrogens with zero attached hydrogens (tertiary/aromatic N) is 1. The maximum absolute atomic E-state index is 11.0. The number of nitrogens with one attached hydrogen (secondary N) is 1. The Bertz CT molecular complexity index is 136. The summed E-state index contributed by atoms with van der Waals surface area (Å²) in [5.74, 6) is 0.535. The van der Waals surface area contributed by atoms with Gasteiger partial charge in [-0.2, -0.15) is 12.6 Å². The van der Waals surface area contributed by atoms with E-state index in [2.05, 4.69) is 17.9 Å². The molecule has 1 amide bonds. The highest BCUT2D eigenvalue weighted by Gasteiger charge is 2.03. The van der Waals surface area contributed by atoms with Gasteiger partial charge in [-0.15, -0.1) is 0 Å². The van der Waals surface area contributed by atoms with Crippen LogP contribution in [-0.4, -0.2) is 50.6 Å². The molecule has 0 aromatic carbocycles. The minimum absolute atomic E-state index is 0.0972. The minimum atomic E-state index is -0.0972. The van der Waals surface area contributed by atoms with Crippen molar-refractivity contribution in [2.45, 2.75) is 0 Å². The lowest BCUT2D eigenvalue weighted by Crippen LogP contribution is -2.38. The maximum Gasteiger partial charge on any atom is 0.233 e. The van der Waals surface area contributed by atoms with Crippen LogP contribution in [0.1, 0.15) is 0 Å². The highest BCUT2D eigenvalue weighted by atomic mass is 32.1. The van der Waals surface area contributed by atoms with E-state index in [1.807, 2.05) is 0 Å². The van der Waals surface area contributed by atoms with Crippen LogP contribution in [0, 0.1) is 0 Å². The zero-order chi connectivity index (χ0) is 9.40. The molecule has 0 heterocycles. The van der Waals surface area contributed by atoms with Crippen LogP contribution in [0.3, 0.4) is 0 Å². The van der Waals surface area contributed by atoms with Gasteiger partial charge >= 0.3 is 0 Å². The van der Waals surface area contributed by atoms with Gasteiger partial charge < -0.3 is 15.9 Å². The zero-order valence-electron chi connectivity index (χ0n) is 6.99. The summed E-state index contributed by atoms with van der Waals surface area (Å²) < 4.78 is 0. The predicted octanol–water partition coefficient (Wildman–Crippen LogP) is -1.62. The van der Waals surface area contributed by atoms with Crippen LogP contribution in [0.5, 0.6) is 0 Å². The van der Waals surface area contributed by atoms with E-state index in [9.17, 15) is 4.79 Å². The Morgan fingerprint density at radius 2 is 2.33 bits per heavy atom. The number of nitrogens with two attached hydrogens (primary N) is 1. The normalized spacial score (nSPS) is 10.2. The molecule has 0 fully saturated rings. The largest absolute Gasteiger partial charge is 0.354 e. The molecule has 0 atom stereocenters. The van der Waals surface area contributed by atoms with Gasteiger partial charge in [0.05, 0.1) is 6.54 Å². The van der Waals surface area contributed by atoms with Crippen molar-refractivity contribution >= 4 is 26.5 Å². The molecule has 0 aliphatic carbocycles. The molecule has 2 radical (unpaired) electrons. The Kier molecular flexibility index (Phi) is 7.33. The van der Waals surface area contributed by atoms with Gasteiger partial charge in [-0.3, -0.25) is 4.79 Å². The molecule has 68 valence electrons. The second-order valence-electron chi connectivity index (χ2n) is 2.33. The van der Waals surface area contributed by atoms with E-state index in [4.69, 9.17) is 13.7 Å². The van der Waals surface area contributed by atoms with Crippen LogP contribution in [0.4, 0.5) is 0 Å². The summed E-state index contributed by atoms with van der Waals surface area (Å²) in [5.41, 5.74) is 5.24. The fraction of sp³-hybridized carbons (Fsp3) is 0.833. The van der Waals surface area contributed by atoms with Gasteiger partial charge in [0.1, 0.15) is 0 Å². The molecule has 0 unspecified atom stereocenters. The summed E-state index contributed by atoms with van der Waals surface area (Å²) in [6.07, 6.45) is 0. The van der Waals surface area contributed by atoms with E-state index in [1.165, 1.54) is 4.81 Å². The Balaban J connectivity index is 3.40. The number of rotatable bonds is 6. The van der Waals surface area contributed by atoms with Crippen LogP contribution in [-0.2, 0) is 4.79 Å². The summed E-state index contributed by atoms with van der Waals surface area (Å²) in [6, 6.07) is 0. The highest BCUT2D eigenvalue weighted by Crippen LogP contribution is 1.78. The fourth-order valence-electron chi connectivity index (χ4n) is 0.681. The van der Waals surface area contributed by atoms with Crippen LogP contribution in [0.15, 0.2) is 0 Å². The third kappa shape index (κ3) is 6.51. The first-order valence-corrected chi connectivity index (χ1v) is 4.41. The number of hydrogen-bond donors (Lipinski definition) is 3. The number of carbonyl (C=O) groups excluding carboxylic acids is 1. The molecule has 0 aliphatic rings. The quantitative estimate of drug-likeness (QED) is 0.346. The van der Waals surface area contributed by atoms with Crippen LogP contribution >= 0.6 is 12.6 Å². The van der Waals surface area contributed by atoms with Gasteiger partial charge in [0, 0.05) is 18.8 Å². The molecule has 12 heavy (non-hydrogen) atoms. The Morgan fingerprint density at radius 1 is 1.67 bits per heavy atom. The fourth-order valence-corrected chi connectivity index (χ4v) is 0.792. The highest BCUT2D eigenvalue weighted by molar-refractivity contribution is 7.80. The average Bonchev–Trinajstić information content (AvgIpc) is 2.01. The van der Waals surface area contributed by atoms with Crippen molar-refractivity contribution in [1.29, 1.82) is 0 Å². The third-order valence-electron chi connectivity index (χ3n) is 1.20. The molecule has 0 saturated heterocycles. The molecular formula is C6H14BN3OS. The topological polar surface area (TPSA) is 58.4 Å². The summed E-state index contributed by atoms with van der Waals surface area (Å²) in [6.45, 7) is 1.73. The van der Waals surface area contributed by atoms with Gasteiger partial charge in [0.15, 0.2) is 7.98 Å².